The molecule has 7 heteroatoms. The number of hydrogen-bond acceptors (Lipinski definition) is 4. The van der Waals surface area contributed by atoms with Gasteiger partial charge in [-0.3, -0.25) is 19.1 Å². The molecule has 26 heavy (non-hydrogen) atoms. The van der Waals surface area contributed by atoms with Crippen molar-refractivity contribution < 1.29 is 4.79 Å². The highest BCUT2D eigenvalue weighted by Gasteiger charge is 2.28. The molecule has 0 unspecified atom stereocenters. The summed E-state index contributed by atoms with van der Waals surface area (Å²) in [6, 6.07) is 10.7. The van der Waals surface area contributed by atoms with Gasteiger partial charge in [0.2, 0.25) is 0 Å². The lowest BCUT2D eigenvalue weighted by Gasteiger charge is -2.12. The molecule has 132 valence electrons. The molecular formula is C19H18N4O3. The Kier molecular flexibility index (Phi) is 3.91. The number of fused-ring (bicyclic) bond motifs is 1. The van der Waals surface area contributed by atoms with E-state index >= 15 is 0 Å². The van der Waals surface area contributed by atoms with Gasteiger partial charge >= 0.3 is 5.69 Å². The van der Waals surface area contributed by atoms with Crippen LogP contribution < -0.4 is 16.6 Å². The SMILES string of the molecule is CCn1c(=O)[nH]c(=O)c2c(C(=O)Nc3ccccc3)cc(C3CC3)nc21. The van der Waals surface area contributed by atoms with Crippen molar-refractivity contribution in [3.8, 4) is 0 Å². The van der Waals surface area contributed by atoms with Crippen molar-refractivity contribution in [1.29, 1.82) is 0 Å². The van der Waals surface area contributed by atoms with E-state index in [4.69, 9.17) is 0 Å². The maximum atomic E-state index is 12.9. The van der Waals surface area contributed by atoms with Crippen LogP contribution in [0.2, 0.25) is 0 Å². The number of nitrogens with zero attached hydrogens (tertiary/aromatic N) is 2. The van der Waals surface area contributed by atoms with Crippen LogP contribution in [-0.2, 0) is 6.54 Å². The van der Waals surface area contributed by atoms with Crippen LogP contribution in [0.4, 0.5) is 5.69 Å². The molecule has 2 N–H and O–H groups in total. The van der Waals surface area contributed by atoms with Crippen LogP contribution in [0.5, 0.6) is 0 Å². The van der Waals surface area contributed by atoms with Crippen LogP contribution in [0.3, 0.4) is 0 Å². The van der Waals surface area contributed by atoms with E-state index < -0.39 is 17.2 Å². The van der Waals surface area contributed by atoms with Gasteiger partial charge in [-0.05, 0) is 38.0 Å². The van der Waals surface area contributed by atoms with E-state index in [1.165, 1.54) is 4.57 Å². The first kappa shape index (κ1) is 16.3. The third-order valence-electron chi connectivity index (χ3n) is 4.56. The molecule has 1 amide bonds. The summed E-state index contributed by atoms with van der Waals surface area (Å²) in [5, 5.41) is 2.95. The molecule has 2 aromatic heterocycles. The van der Waals surface area contributed by atoms with Crippen LogP contribution >= 0.6 is 0 Å². The lowest BCUT2D eigenvalue weighted by Crippen LogP contribution is -2.32. The van der Waals surface area contributed by atoms with Crippen LogP contribution in [0, 0.1) is 0 Å². The van der Waals surface area contributed by atoms with E-state index in [1.807, 2.05) is 18.2 Å². The number of pyridine rings is 1. The van der Waals surface area contributed by atoms with Crippen LogP contribution in [0.25, 0.3) is 11.0 Å². The number of para-hydroxylation sites is 1. The monoisotopic (exact) mass is 350 g/mol. The lowest BCUT2D eigenvalue weighted by molar-refractivity contribution is 0.102. The van der Waals surface area contributed by atoms with E-state index in [0.717, 1.165) is 18.5 Å². The highest BCUT2D eigenvalue weighted by atomic mass is 16.2. The van der Waals surface area contributed by atoms with E-state index in [-0.39, 0.29) is 22.5 Å². The molecule has 3 aromatic rings. The van der Waals surface area contributed by atoms with Gasteiger partial charge in [0.1, 0.15) is 0 Å². The Morgan fingerprint density at radius 2 is 2.00 bits per heavy atom. The van der Waals surface area contributed by atoms with Gasteiger partial charge in [-0.25, -0.2) is 9.78 Å². The number of anilines is 1. The first-order valence-electron chi connectivity index (χ1n) is 8.62. The highest BCUT2D eigenvalue weighted by molar-refractivity contribution is 6.11. The van der Waals surface area contributed by atoms with Crippen molar-refractivity contribution in [3.05, 3.63) is 68.5 Å². The molecule has 0 saturated heterocycles. The topological polar surface area (TPSA) is 96.9 Å². The molecule has 1 saturated carbocycles. The van der Waals surface area contributed by atoms with Gasteiger partial charge in [0.05, 0.1) is 10.9 Å². The Labute approximate surface area is 148 Å². The molecule has 0 spiro atoms. The summed E-state index contributed by atoms with van der Waals surface area (Å²) >= 11 is 0. The van der Waals surface area contributed by atoms with Gasteiger partial charge < -0.3 is 5.32 Å². The summed E-state index contributed by atoms with van der Waals surface area (Å²) in [4.78, 5) is 44.3. The Morgan fingerprint density at radius 1 is 1.27 bits per heavy atom. The van der Waals surface area contributed by atoms with Crippen LogP contribution in [-0.4, -0.2) is 20.4 Å². The second-order valence-electron chi connectivity index (χ2n) is 6.39. The van der Waals surface area contributed by atoms with Gasteiger partial charge in [-0.1, -0.05) is 18.2 Å². The number of aromatic nitrogens is 3. The summed E-state index contributed by atoms with van der Waals surface area (Å²) in [5.41, 5.74) is 0.786. The second-order valence-corrected chi connectivity index (χ2v) is 6.39. The summed E-state index contributed by atoms with van der Waals surface area (Å²) in [5.74, 6) is -0.111. The number of aromatic amines is 1. The van der Waals surface area contributed by atoms with Crippen molar-refractivity contribution in [1.82, 2.24) is 14.5 Å². The van der Waals surface area contributed by atoms with E-state index in [1.54, 1.807) is 25.1 Å². The first-order valence-corrected chi connectivity index (χ1v) is 8.62. The highest BCUT2D eigenvalue weighted by Crippen LogP contribution is 2.39. The zero-order valence-corrected chi connectivity index (χ0v) is 14.3. The van der Waals surface area contributed by atoms with E-state index in [2.05, 4.69) is 15.3 Å². The third kappa shape index (κ3) is 2.81. The van der Waals surface area contributed by atoms with Crippen molar-refractivity contribution in [2.24, 2.45) is 0 Å². The fraction of sp³-hybridized carbons (Fsp3) is 0.263. The molecule has 0 radical (unpaired) electrons. The first-order chi connectivity index (χ1) is 12.6. The number of amides is 1. The molecule has 0 aliphatic heterocycles. The predicted octanol–water partition coefficient (Wildman–Crippen LogP) is 2.23. The third-order valence-corrected chi connectivity index (χ3v) is 4.56. The zero-order valence-electron chi connectivity index (χ0n) is 14.3. The van der Waals surface area contributed by atoms with Gasteiger partial charge in [0.15, 0.2) is 5.65 Å². The Balaban J connectivity index is 1.94. The Hall–Kier alpha value is -3.22. The molecular weight excluding hydrogens is 332 g/mol. The van der Waals surface area contributed by atoms with E-state index in [9.17, 15) is 14.4 Å². The number of benzene rings is 1. The maximum absolute atomic E-state index is 12.9. The summed E-state index contributed by atoms with van der Waals surface area (Å²) < 4.78 is 1.39. The number of nitrogens with one attached hydrogen (secondary N) is 2. The number of carbonyl (C=O) groups excluding carboxylic acids is 1. The second kappa shape index (κ2) is 6.25. The minimum atomic E-state index is -0.595. The average Bonchev–Trinajstić information content (AvgIpc) is 3.47. The summed E-state index contributed by atoms with van der Waals surface area (Å²) in [7, 11) is 0. The number of hydrogen-bond donors (Lipinski definition) is 2. The molecule has 0 atom stereocenters. The van der Waals surface area contributed by atoms with Gasteiger partial charge in [0.25, 0.3) is 11.5 Å². The van der Waals surface area contributed by atoms with Crippen molar-refractivity contribution in [2.45, 2.75) is 32.2 Å². The smallest absolute Gasteiger partial charge is 0.322 e. The Bertz CT molecular complexity index is 1110. The molecule has 1 aromatic carbocycles. The minimum absolute atomic E-state index is 0.143. The fourth-order valence-corrected chi connectivity index (χ4v) is 3.07. The molecule has 7 nitrogen and oxygen atoms in total. The lowest BCUT2D eigenvalue weighted by atomic mass is 10.1. The summed E-state index contributed by atoms with van der Waals surface area (Å²) in [6.45, 7) is 2.15. The number of carbonyl (C=O) groups is 1. The number of rotatable bonds is 4. The standard InChI is InChI=1S/C19H18N4O3/c1-2-23-16-15(18(25)22-19(23)26)13(10-14(21-16)11-8-9-11)17(24)20-12-6-4-3-5-7-12/h3-7,10-11H,2,8-9H2,1H3,(H,20,24)(H,22,25,26). The predicted molar refractivity (Wildman–Crippen MR) is 98.7 cm³/mol. The molecule has 1 aliphatic carbocycles. The van der Waals surface area contributed by atoms with Crippen LogP contribution in [0.1, 0.15) is 41.7 Å². The van der Waals surface area contributed by atoms with Gasteiger partial charge in [-0.2, -0.15) is 0 Å². The molecule has 1 fully saturated rings. The number of aryl methyl sites for hydroxylation is 1. The number of H-pyrrole nitrogens is 1. The van der Waals surface area contributed by atoms with Crippen LogP contribution in [0.15, 0.2) is 46.0 Å². The normalized spacial score (nSPS) is 13.7. The van der Waals surface area contributed by atoms with Gasteiger partial charge in [-0.15, -0.1) is 0 Å². The molecule has 2 heterocycles. The average molecular weight is 350 g/mol. The van der Waals surface area contributed by atoms with E-state index in [0.29, 0.717) is 12.2 Å². The summed E-state index contributed by atoms with van der Waals surface area (Å²) in [6.07, 6.45) is 2.00. The quantitative estimate of drug-likeness (QED) is 0.754. The minimum Gasteiger partial charge on any atom is -0.322 e. The van der Waals surface area contributed by atoms with Gasteiger partial charge in [0, 0.05) is 23.8 Å². The maximum Gasteiger partial charge on any atom is 0.329 e. The largest absolute Gasteiger partial charge is 0.329 e. The zero-order chi connectivity index (χ0) is 18.3. The van der Waals surface area contributed by atoms with Crippen molar-refractivity contribution in [3.63, 3.8) is 0 Å². The van der Waals surface area contributed by atoms with Crippen molar-refractivity contribution >= 4 is 22.6 Å². The molecule has 0 bridgehead atoms. The molecule has 4 rings (SSSR count). The van der Waals surface area contributed by atoms with Crippen molar-refractivity contribution in [2.75, 3.05) is 5.32 Å². The fourth-order valence-electron chi connectivity index (χ4n) is 3.07. The molecule has 1 aliphatic rings. The Morgan fingerprint density at radius 3 is 2.65 bits per heavy atom.